The summed E-state index contributed by atoms with van der Waals surface area (Å²) >= 11 is 10.7. The summed E-state index contributed by atoms with van der Waals surface area (Å²) < 4.78 is 5.53. The molecule has 1 aromatic heterocycles. The minimum absolute atomic E-state index is 0.184. The van der Waals surface area contributed by atoms with Crippen molar-refractivity contribution in [2.45, 2.75) is 0 Å². The number of ether oxygens (including phenoxy) is 1. The average Bonchev–Trinajstić information content (AvgIpc) is 2.70. The fourth-order valence-corrected chi connectivity index (χ4v) is 3.11. The molecular weight excluding hydrogens is 340 g/mol. The van der Waals surface area contributed by atoms with Crippen molar-refractivity contribution >= 4 is 50.0 Å². The van der Waals surface area contributed by atoms with E-state index in [0.29, 0.717) is 20.6 Å². The minimum atomic E-state index is -0.531. The first-order valence-corrected chi connectivity index (χ1v) is 6.81. The molecule has 0 bridgehead atoms. The monoisotopic (exact) mass is 346 g/mol. The third-order valence-corrected chi connectivity index (χ3v) is 3.92. The normalized spacial score (nSPS) is 10.4. The van der Waals surface area contributed by atoms with Gasteiger partial charge < -0.3 is 10.5 Å². The average molecular weight is 348 g/mol. The summed E-state index contributed by atoms with van der Waals surface area (Å²) in [5.41, 5.74) is 6.52. The van der Waals surface area contributed by atoms with Gasteiger partial charge in [0.15, 0.2) is 10.8 Å². The molecule has 0 aliphatic heterocycles. The largest absolute Gasteiger partial charge is 0.464 e. The standard InChI is InChI=1S/C11H8BrClN2O2S/c1-17-10(16)8-9(18-11(14)15-8)6-3-2-5(12)4-7(6)13/h2-4H,1H3,(H2,14,15). The molecule has 94 valence electrons. The summed E-state index contributed by atoms with van der Waals surface area (Å²) in [6, 6.07) is 5.37. The Balaban J connectivity index is 2.60. The summed E-state index contributed by atoms with van der Waals surface area (Å²) in [5, 5.41) is 0.808. The topological polar surface area (TPSA) is 65.2 Å². The second-order valence-corrected chi connectivity index (χ2v) is 5.70. The Kier molecular flexibility index (Phi) is 3.89. The zero-order chi connectivity index (χ0) is 13.3. The number of methoxy groups -OCH3 is 1. The third-order valence-electron chi connectivity index (χ3n) is 2.20. The molecule has 18 heavy (non-hydrogen) atoms. The van der Waals surface area contributed by atoms with Gasteiger partial charge in [0.2, 0.25) is 0 Å². The van der Waals surface area contributed by atoms with Crippen LogP contribution in [0, 0.1) is 0 Å². The van der Waals surface area contributed by atoms with Gasteiger partial charge in [-0.15, -0.1) is 0 Å². The summed E-state index contributed by atoms with van der Waals surface area (Å²) in [6.07, 6.45) is 0. The number of esters is 1. The van der Waals surface area contributed by atoms with E-state index in [0.717, 1.165) is 4.47 Å². The molecule has 1 heterocycles. The summed E-state index contributed by atoms with van der Waals surface area (Å²) in [4.78, 5) is 16.2. The van der Waals surface area contributed by atoms with Crippen molar-refractivity contribution in [1.29, 1.82) is 0 Å². The fourth-order valence-electron chi connectivity index (χ4n) is 1.43. The molecule has 0 unspecified atom stereocenters. The van der Waals surface area contributed by atoms with Crippen LogP contribution in [0.4, 0.5) is 5.13 Å². The quantitative estimate of drug-likeness (QED) is 0.843. The van der Waals surface area contributed by atoms with E-state index < -0.39 is 5.97 Å². The molecule has 0 saturated carbocycles. The van der Waals surface area contributed by atoms with Crippen LogP contribution in [0.3, 0.4) is 0 Å². The van der Waals surface area contributed by atoms with Gasteiger partial charge in [0, 0.05) is 10.0 Å². The van der Waals surface area contributed by atoms with E-state index in [1.165, 1.54) is 18.4 Å². The van der Waals surface area contributed by atoms with Crippen LogP contribution in [-0.4, -0.2) is 18.1 Å². The van der Waals surface area contributed by atoms with Crippen LogP contribution in [0.2, 0.25) is 5.02 Å². The first kappa shape index (κ1) is 13.3. The molecule has 7 heteroatoms. The zero-order valence-electron chi connectivity index (χ0n) is 9.24. The smallest absolute Gasteiger partial charge is 0.358 e. The van der Waals surface area contributed by atoms with E-state index in [-0.39, 0.29) is 5.69 Å². The molecule has 2 N–H and O–H groups in total. The van der Waals surface area contributed by atoms with Gasteiger partial charge in [-0.3, -0.25) is 0 Å². The van der Waals surface area contributed by atoms with Crippen LogP contribution in [-0.2, 0) is 4.74 Å². The molecule has 0 spiro atoms. The van der Waals surface area contributed by atoms with Crippen molar-refractivity contribution in [2.24, 2.45) is 0 Å². The first-order chi connectivity index (χ1) is 8.52. The molecule has 4 nitrogen and oxygen atoms in total. The number of hydrogen-bond donors (Lipinski definition) is 1. The number of benzene rings is 1. The summed E-state index contributed by atoms with van der Waals surface area (Å²) in [5.74, 6) is -0.531. The Bertz CT molecular complexity index is 615. The number of halogens is 2. The minimum Gasteiger partial charge on any atom is -0.464 e. The Hall–Kier alpha value is -1.11. The predicted octanol–water partition coefficient (Wildman–Crippen LogP) is 3.59. The molecule has 0 amide bonds. The van der Waals surface area contributed by atoms with Crippen molar-refractivity contribution in [3.63, 3.8) is 0 Å². The zero-order valence-corrected chi connectivity index (χ0v) is 12.4. The van der Waals surface area contributed by atoms with E-state index in [1.54, 1.807) is 12.1 Å². The van der Waals surface area contributed by atoms with Crippen molar-refractivity contribution in [1.82, 2.24) is 4.98 Å². The van der Waals surface area contributed by atoms with Crippen molar-refractivity contribution in [2.75, 3.05) is 12.8 Å². The lowest BCUT2D eigenvalue weighted by Crippen LogP contribution is -2.03. The number of nitrogens with two attached hydrogens (primary N) is 1. The molecule has 2 rings (SSSR count). The predicted molar refractivity (Wildman–Crippen MR) is 76.0 cm³/mol. The van der Waals surface area contributed by atoms with Crippen LogP contribution < -0.4 is 5.73 Å². The lowest BCUT2D eigenvalue weighted by atomic mass is 10.1. The third kappa shape index (κ3) is 2.50. The van der Waals surface area contributed by atoms with Gasteiger partial charge in [0.05, 0.1) is 17.0 Å². The number of aromatic nitrogens is 1. The number of hydrogen-bond acceptors (Lipinski definition) is 5. The number of rotatable bonds is 2. The van der Waals surface area contributed by atoms with Gasteiger partial charge in [-0.25, -0.2) is 9.78 Å². The van der Waals surface area contributed by atoms with E-state index in [9.17, 15) is 4.79 Å². The molecule has 0 aliphatic carbocycles. The van der Waals surface area contributed by atoms with E-state index >= 15 is 0 Å². The van der Waals surface area contributed by atoms with Crippen LogP contribution >= 0.6 is 38.9 Å². The van der Waals surface area contributed by atoms with Gasteiger partial charge in [-0.2, -0.15) is 0 Å². The van der Waals surface area contributed by atoms with Gasteiger partial charge in [-0.1, -0.05) is 44.9 Å². The van der Waals surface area contributed by atoms with Gasteiger partial charge >= 0.3 is 5.97 Å². The molecule has 2 aromatic rings. The summed E-state index contributed by atoms with van der Waals surface area (Å²) in [6.45, 7) is 0. The molecular formula is C11H8BrClN2O2S. The second-order valence-electron chi connectivity index (χ2n) is 3.35. The highest BCUT2D eigenvalue weighted by molar-refractivity contribution is 9.10. The van der Waals surface area contributed by atoms with Gasteiger partial charge in [0.1, 0.15) is 0 Å². The van der Waals surface area contributed by atoms with Crippen molar-refractivity contribution < 1.29 is 9.53 Å². The highest BCUT2D eigenvalue weighted by Gasteiger charge is 2.20. The Morgan fingerprint density at radius 1 is 1.56 bits per heavy atom. The van der Waals surface area contributed by atoms with E-state index in [2.05, 4.69) is 25.7 Å². The molecule has 0 fully saturated rings. The number of nitrogens with zero attached hydrogens (tertiary/aromatic N) is 1. The van der Waals surface area contributed by atoms with E-state index in [4.69, 9.17) is 17.3 Å². The molecule has 1 aromatic carbocycles. The van der Waals surface area contributed by atoms with Gasteiger partial charge in [-0.05, 0) is 12.1 Å². The van der Waals surface area contributed by atoms with Crippen LogP contribution in [0.25, 0.3) is 10.4 Å². The SMILES string of the molecule is COC(=O)c1nc(N)sc1-c1ccc(Br)cc1Cl. The highest BCUT2D eigenvalue weighted by Crippen LogP contribution is 2.37. The van der Waals surface area contributed by atoms with Crippen molar-refractivity contribution in [3.8, 4) is 10.4 Å². The number of thiazole rings is 1. The Morgan fingerprint density at radius 2 is 2.28 bits per heavy atom. The van der Waals surface area contributed by atoms with Crippen molar-refractivity contribution in [3.05, 3.63) is 33.4 Å². The van der Waals surface area contributed by atoms with Gasteiger partial charge in [0.25, 0.3) is 0 Å². The first-order valence-electron chi connectivity index (χ1n) is 4.83. The lowest BCUT2D eigenvalue weighted by molar-refractivity contribution is 0.0596. The number of carbonyl (C=O) groups is 1. The Labute approximate surface area is 121 Å². The van der Waals surface area contributed by atoms with Crippen LogP contribution in [0.15, 0.2) is 22.7 Å². The number of anilines is 1. The molecule has 0 saturated heterocycles. The molecule has 0 radical (unpaired) electrons. The molecule has 0 atom stereocenters. The maximum absolute atomic E-state index is 11.6. The van der Waals surface area contributed by atoms with E-state index in [1.807, 2.05) is 6.07 Å². The van der Waals surface area contributed by atoms with Crippen LogP contribution in [0.1, 0.15) is 10.5 Å². The number of carbonyl (C=O) groups excluding carboxylic acids is 1. The fraction of sp³-hybridized carbons (Fsp3) is 0.0909. The van der Waals surface area contributed by atoms with Crippen LogP contribution in [0.5, 0.6) is 0 Å². The maximum atomic E-state index is 11.6. The Morgan fingerprint density at radius 3 is 2.89 bits per heavy atom. The summed E-state index contributed by atoms with van der Waals surface area (Å²) in [7, 11) is 1.30. The maximum Gasteiger partial charge on any atom is 0.358 e. The lowest BCUT2D eigenvalue weighted by Gasteiger charge is -2.04. The highest BCUT2D eigenvalue weighted by atomic mass is 79.9. The number of nitrogen functional groups attached to an aromatic ring is 1. The molecule has 0 aliphatic rings. The second kappa shape index (κ2) is 5.26.